The van der Waals surface area contributed by atoms with Crippen LogP contribution in [0.1, 0.15) is 45.6 Å². The van der Waals surface area contributed by atoms with Crippen LogP contribution in [0.5, 0.6) is 0 Å². The molecule has 1 aromatic carbocycles. The summed E-state index contributed by atoms with van der Waals surface area (Å²) in [7, 11) is 2.07. The van der Waals surface area contributed by atoms with Crippen LogP contribution >= 0.6 is 0 Å². The second kappa shape index (κ2) is 12.1. The van der Waals surface area contributed by atoms with E-state index in [9.17, 15) is 5.11 Å². The lowest BCUT2D eigenvalue weighted by Gasteiger charge is -2.26. The summed E-state index contributed by atoms with van der Waals surface area (Å²) in [4.78, 5) is 4.22. The number of aryl methyl sites for hydroxylation is 1. The molecule has 35 heavy (non-hydrogen) atoms. The van der Waals surface area contributed by atoms with Gasteiger partial charge < -0.3 is 31.2 Å². The van der Waals surface area contributed by atoms with E-state index in [1.165, 1.54) is 28.2 Å². The van der Waals surface area contributed by atoms with Crippen molar-refractivity contribution in [1.82, 2.24) is 14.9 Å². The standard InChI is InChI=1S/C17H15N3O.C9H16N2O.C2H6/c1-20-15-6-7-18-10-14(15)13-4-2-11(8-16(13)20)12-3-5-17(21)19-9-12;1-7(10)5-6-9(11)12-8-3-2-4-8;1-2/h2-10,17,19,21H,1H3;5-6,8H,2-4,10-11H2,1H3;1-2H3/b;7-5-,9-6+;. The maximum Gasteiger partial charge on any atom is 0.184 e. The number of rotatable bonds is 4. The Hall–Kier alpha value is -3.71. The average Bonchev–Trinajstić information content (AvgIpc) is 3.14. The Kier molecular flexibility index (Phi) is 8.98. The largest absolute Gasteiger partial charge is 0.476 e. The minimum Gasteiger partial charge on any atom is -0.476 e. The topological polar surface area (TPSA) is 111 Å². The van der Waals surface area contributed by atoms with E-state index in [0.717, 1.165) is 29.7 Å². The molecule has 1 atom stereocenters. The fourth-order valence-corrected chi connectivity index (χ4v) is 3.82. The maximum absolute atomic E-state index is 9.43. The maximum atomic E-state index is 9.43. The number of nitrogens with zero attached hydrogens (tertiary/aromatic N) is 2. The molecule has 5 rings (SSSR count). The van der Waals surface area contributed by atoms with Crippen molar-refractivity contribution >= 4 is 27.4 Å². The van der Waals surface area contributed by atoms with E-state index in [2.05, 4.69) is 40.1 Å². The lowest BCUT2D eigenvalue weighted by atomic mass is 9.96. The van der Waals surface area contributed by atoms with Crippen molar-refractivity contribution in [2.45, 2.75) is 52.4 Å². The highest BCUT2D eigenvalue weighted by Crippen LogP contribution is 2.30. The number of aliphatic hydroxyl groups is 1. The molecule has 3 heterocycles. The number of hydrogen-bond donors (Lipinski definition) is 4. The van der Waals surface area contributed by atoms with Gasteiger partial charge in [0.05, 0.1) is 5.52 Å². The summed E-state index contributed by atoms with van der Waals surface area (Å²) in [6, 6.07) is 8.44. The van der Waals surface area contributed by atoms with Crippen molar-refractivity contribution in [2.75, 3.05) is 0 Å². The van der Waals surface area contributed by atoms with E-state index in [-0.39, 0.29) is 0 Å². The van der Waals surface area contributed by atoms with Crippen molar-refractivity contribution < 1.29 is 9.84 Å². The molecular formula is C28H37N5O2. The Bertz CT molecular complexity index is 1260. The molecule has 6 N–H and O–H groups in total. The molecule has 1 aliphatic carbocycles. The first-order valence-electron chi connectivity index (χ1n) is 12.1. The second-order valence-electron chi connectivity index (χ2n) is 8.40. The van der Waals surface area contributed by atoms with E-state index in [1.54, 1.807) is 18.2 Å². The number of nitrogens with one attached hydrogen (secondary N) is 1. The SMILES string of the molecule is C/C(N)=C/C=C(\N)OC1CCC1.CC.Cn1c2ccncc2c2ccc(C3=CNC(O)C=C3)cc21. The Morgan fingerprint density at radius 2 is 1.91 bits per heavy atom. The summed E-state index contributed by atoms with van der Waals surface area (Å²) in [5.74, 6) is 0.463. The molecule has 0 radical (unpaired) electrons. The fraction of sp³-hybridized carbons (Fsp3) is 0.321. The number of hydrogen-bond acceptors (Lipinski definition) is 6. The van der Waals surface area contributed by atoms with Gasteiger partial charge in [0.1, 0.15) is 12.3 Å². The van der Waals surface area contributed by atoms with Crippen molar-refractivity contribution in [2.24, 2.45) is 18.5 Å². The van der Waals surface area contributed by atoms with Crippen LogP contribution in [-0.2, 0) is 11.8 Å². The number of fused-ring (bicyclic) bond motifs is 3. The van der Waals surface area contributed by atoms with E-state index in [0.29, 0.717) is 12.0 Å². The molecule has 7 nitrogen and oxygen atoms in total. The van der Waals surface area contributed by atoms with Gasteiger partial charge in [-0.1, -0.05) is 32.1 Å². The molecule has 0 spiro atoms. The van der Waals surface area contributed by atoms with Crippen LogP contribution in [0.2, 0.25) is 0 Å². The van der Waals surface area contributed by atoms with Crippen LogP contribution in [-0.4, -0.2) is 27.0 Å². The van der Waals surface area contributed by atoms with Gasteiger partial charge in [-0.05, 0) is 67.7 Å². The van der Waals surface area contributed by atoms with Crippen molar-refractivity contribution in [3.05, 3.63) is 84.3 Å². The highest BCUT2D eigenvalue weighted by molar-refractivity contribution is 6.08. The van der Waals surface area contributed by atoms with E-state index in [4.69, 9.17) is 16.2 Å². The number of dihydropyridines is 1. The summed E-state index contributed by atoms with van der Waals surface area (Å²) in [6.07, 6.45) is 15.9. The lowest BCUT2D eigenvalue weighted by Crippen LogP contribution is -2.23. The van der Waals surface area contributed by atoms with Crippen molar-refractivity contribution in [3.8, 4) is 0 Å². The smallest absolute Gasteiger partial charge is 0.184 e. The molecule has 7 heteroatoms. The molecule has 2 aromatic heterocycles. The first-order valence-corrected chi connectivity index (χ1v) is 12.1. The number of aromatic nitrogens is 2. The van der Waals surface area contributed by atoms with Crippen LogP contribution in [0.15, 0.2) is 78.7 Å². The lowest BCUT2D eigenvalue weighted by molar-refractivity contribution is 0.0508. The molecule has 2 aliphatic rings. The summed E-state index contributed by atoms with van der Waals surface area (Å²) in [6.45, 7) is 5.81. The third-order valence-electron chi connectivity index (χ3n) is 5.88. The molecule has 3 aromatic rings. The molecule has 1 aliphatic heterocycles. The van der Waals surface area contributed by atoms with Gasteiger partial charge in [-0.15, -0.1) is 0 Å². The number of aliphatic hydroxyl groups excluding tert-OH is 1. The highest BCUT2D eigenvalue weighted by atomic mass is 16.5. The van der Waals surface area contributed by atoms with Gasteiger partial charge >= 0.3 is 0 Å². The van der Waals surface area contributed by atoms with Crippen molar-refractivity contribution in [1.29, 1.82) is 0 Å². The first kappa shape index (κ1) is 25.9. The highest BCUT2D eigenvalue weighted by Gasteiger charge is 2.18. The summed E-state index contributed by atoms with van der Waals surface area (Å²) >= 11 is 0. The van der Waals surface area contributed by atoms with Gasteiger partial charge in [0.25, 0.3) is 0 Å². The number of ether oxygens (including phenoxy) is 1. The second-order valence-corrected chi connectivity index (χ2v) is 8.40. The van der Waals surface area contributed by atoms with Crippen LogP contribution in [0.25, 0.3) is 27.4 Å². The van der Waals surface area contributed by atoms with Crippen LogP contribution in [0, 0.1) is 0 Å². The van der Waals surface area contributed by atoms with Gasteiger partial charge in [-0.2, -0.15) is 0 Å². The number of pyridine rings is 1. The minimum absolute atomic E-state index is 0.340. The molecule has 0 amide bonds. The zero-order chi connectivity index (χ0) is 25.4. The Labute approximate surface area is 207 Å². The first-order chi connectivity index (χ1) is 16.9. The average molecular weight is 476 g/mol. The number of nitrogens with two attached hydrogens (primary N) is 2. The Morgan fingerprint density at radius 3 is 2.54 bits per heavy atom. The molecule has 186 valence electrons. The summed E-state index contributed by atoms with van der Waals surface area (Å²) in [5, 5.41) is 14.7. The van der Waals surface area contributed by atoms with Gasteiger partial charge in [0.15, 0.2) is 5.88 Å². The minimum atomic E-state index is -0.596. The van der Waals surface area contributed by atoms with Crippen LogP contribution < -0.4 is 16.8 Å². The van der Waals surface area contributed by atoms with E-state index in [1.807, 2.05) is 51.5 Å². The zero-order valence-corrected chi connectivity index (χ0v) is 21.0. The van der Waals surface area contributed by atoms with Gasteiger partial charge in [-0.25, -0.2) is 0 Å². The Morgan fingerprint density at radius 1 is 1.14 bits per heavy atom. The monoisotopic (exact) mass is 475 g/mol. The molecule has 1 saturated carbocycles. The molecule has 0 saturated heterocycles. The zero-order valence-electron chi connectivity index (χ0n) is 21.0. The normalized spacial score (nSPS) is 18.0. The third kappa shape index (κ3) is 6.45. The quantitative estimate of drug-likeness (QED) is 0.319. The third-order valence-corrected chi connectivity index (χ3v) is 5.88. The van der Waals surface area contributed by atoms with Gasteiger partial charge in [-0.3, -0.25) is 4.98 Å². The molecule has 1 unspecified atom stereocenters. The molecular weight excluding hydrogens is 438 g/mol. The Balaban J connectivity index is 0.000000210. The predicted molar refractivity (Wildman–Crippen MR) is 145 cm³/mol. The summed E-state index contributed by atoms with van der Waals surface area (Å²) < 4.78 is 7.56. The fourth-order valence-electron chi connectivity index (χ4n) is 3.82. The van der Waals surface area contributed by atoms with E-state index >= 15 is 0 Å². The van der Waals surface area contributed by atoms with Crippen molar-refractivity contribution in [3.63, 3.8) is 0 Å². The predicted octanol–water partition coefficient (Wildman–Crippen LogP) is 4.79. The van der Waals surface area contributed by atoms with Crippen LogP contribution in [0.4, 0.5) is 0 Å². The number of allylic oxidation sites excluding steroid dienone is 5. The van der Waals surface area contributed by atoms with E-state index < -0.39 is 6.23 Å². The summed E-state index contributed by atoms with van der Waals surface area (Å²) in [5.41, 5.74) is 16.3. The van der Waals surface area contributed by atoms with Gasteiger partial charge in [0, 0.05) is 47.6 Å². The molecule has 0 bridgehead atoms. The van der Waals surface area contributed by atoms with Crippen LogP contribution in [0.3, 0.4) is 0 Å². The number of benzene rings is 1. The molecule has 1 fully saturated rings. The van der Waals surface area contributed by atoms with Gasteiger partial charge in [0.2, 0.25) is 0 Å².